The Balaban J connectivity index is 2.71. The first-order valence-corrected chi connectivity index (χ1v) is 7.08. The smallest absolute Gasteiger partial charge is 0.435 e. The maximum absolute atomic E-state index is 12.1. The summed E-state index contributed by atoms with van der Waals surface area (Å²) in [6.45, 7) is 4.92. The zero-order valence-electron chi connectivity index (χ0n) is 14.1. The third-order valence-electron chi connectivity index (χ3n) is 2.64. The minimum atomic E-state index is -0.753. The fraction of sp³-hybridized carbons (Fsp3) is 0.500. The molecule has 0 fully saturated rings. The molecule has 7 nitrogen and oxygen atoms in total. The summed E-state index contributed by atoms with van der Waals surface area (Å²) in [5, 5.41) is 0.849. The molecule has 1 rings (SSSR count). The predicted octanol–water partition coefficient (Wildman–Crippen LogP) is 2.54. The largest absolute Gasteiger partial charge is 0.497 e. The summed E-state index contributed by atoms with van der Waals surface area (Å²) in [6.07, 6.45) is -0.753. The van der Waals surface area contributed by atoms with Gasteiger partial charge in [0, 0.05) is 0 Å². The molecule has 0 aromatic heterocycles. The minimum Gasteiger partial charge on any atom is -0.497 e. The zero-order valence-corrected chi connectivity index (χ0v) is 14.1. The monoisotopic (exact) mass is 325 g/mol. The average molecular weight is 325 g/mol. The molecular formula is C16H23NO6. The van der Waals surface area contributed by atoms with Crippen molar-refractivity contribution in [3.05, 3.63) is 29.8 Å². The maximum atomic E-state index is 12.1. The molecular weight excluding hydrogens is 302 g/mol. The summed E-state index contributed by atoms with van der Waals surface area (Å²) in [5.74, 6) is 0.109. The van der Waals surface area contributed by atoms with E-state index in [2.05, 4.69) is 4.74 Å². The Morgan fingerprint density at radius 1 is 1.09 bits per heavy atom. The van der Waals surface area contributed by atoms with Crippen molar-refractivity contribution in [3.8, 4) is 5.75 Å². The molecule has 23 heavy (non-hydrogen) atoms. The first-order valence-electron chi connectivity index (χ1n) is 7.08. The van der Waals surface area contributed by atoms with Gasteiger partial charge < -0.3 is 14.2 Å². The molecule has 1 amide bonds. The number of nitrogens with zero attached hydrogens (tertiary/aromatic N) is 1. The molecule has 0 radical (unpaired) electrons. The Morgan fingerprint density at radius 3 is 2.17 bits per heavy atom. The standard InChI is InChI=1S/C16H23NO6/c1-16(2,3)23-15(19)17(10-14(18)21-5)22-11-12-6-8-13(20-4)9-7-12/h6-9H,10-11H2,1-5H3. The zero-order chi connectivity index (χ0) is 17.5. The lowest BCUT2D eigenvalue weighted by Gasteiger charge is -2.26. The highest BCUT2D eigenvalue weighted by Crippen LogP contribution is 2.14. The molecule has 1 aromatic carbocycles. The number of rotatable bonds is 6. The summed E-state index contributed by atoms with van der Waals surface area (Å²) in [7, 11) is 2.81. The number of hydroxylamine groups is 2. The average Bonchev–Trinajstić information content (AvgIpc) is 2.49. The van der Waals surface area contributed by atoms with Gasteiger partial charge in [0.05, 0.1) is 14.2 Å². The van der Waals surface area contributed by atoms with Gasteiger partial charge in [0.25, 0.3) is 0 Å². The van der Waals surface area contributed by atoms with E-state index in [-0.39, 0.29) is 13.2 Å². The number of hydrogen-bond acceptors (Lipinski definition) is 6. The number of carbonyl (C=O) groups excluding carboxylic acids is 2. The van der Waals surface area contributed by atoms with Crippen LogP contribution < -0.4 is 4.74 Å². The van der Waals surface area contributed by atoms with Crippen molar-refractivity contribution in [2.45, 2.75) is 33.0 Å². The van der Waals surface area contributed by atoms with Gasteiger partial charge in [-0.15, -0.1) is 0 Å². The molecule has 0 aliphatic carbocycles. The maximum Gasteiger partial charge on any atom is 0.435 e. The molecule has 1 aromatic rings. The molecule has 0 aliphatic heterocycles. The molecule has 0 spiro atoms. The van der Waals surface area contributed by atoms with Crippen molar-refractivity contribution in [1.82, 2.24) is 5.06 Å². The van der Waals surface area contributed by atoms with Gasteiger partial charge in [-0.1, -0.05) is 12.1 Å². The number of benzene rings is 1. The van der Waals surface area contributed by atoms with Crippen LogP contribution in [0.2, 0.25) is 0 Å². The second kappa shape index (κ2) is 8.38. The molecule has 0 aliphatic rings. The predicted molar refractivity (Wildman–Crippen MR) is 82.7 cm³/mol. The fourth-order valence-electron chi connectivity index (χ4n) is 1.53. The van der Waals surface area contributed by atoms with E-state index in [0.29, 0.717) is 5.75 Å². The first kappa shape index (κ1) is 18.8. The highest BCUT2D eigenvalue weighted by molar-refractivity contribution is 5.77. The van der Waals surface area contributed by atoms with Gasteiger partial charge in [-0.25, -0.2) is 4.79 Å². The number of ether oxygens (including phenoxy) is 3. The van der Waals surface area contributed by atoms with Crippen molar-refractivity contribution < 1.29 is 28.6 Å². The second-order valence-electron chi connectivity index (χ2n) is 5.71. The molecule has 0 N–H and O–H groups in total. The van der Waals surface area contributed by atoms with E-state index >= 15 is 0 Å². The van der Waals surface area contributed by atoms with Crippen molar-refractivity contribution in [1.29, 1.82) is 0 Å². The Labute approximate surface area is 136 Å². The molecule has 7 heteroatoms. The van der Waals surface area contributed by atoms with Gasteiger partial charge in [0.1, 0.15) is 24.5 Å². The van der Waals surface area contributed by atoms with Crippen LogP contribution in [0.25, 0.3) is 0 Å². The Bertz CT molecular complexity index is 520. The summed E-state index contributed by atoms with van der Waals surface area (Å²) in [4.78, 5) is 28.9. The fourth-order valence-corrected chi connectivity index (χ4v) is 1.53. The molecule has 0 saturated heterocycles. The van der Waals surface area contributed by atoms with Crippen molar-refractivity contribution in [2.24, 2.45) is 0 Å². The van der Waals surface area contributed by atoms with Crippen LogP contribution >= 0.6 is 0 Å². The quantitative estimate of drug-likeness (QED) is 0.591. The van der Waals surface area contributed by atoms with E-state index in [1.165, 1.54) is 7.11 Å². The number of amides is 1. The van der Waals surface area contributed by atoms with Gasteiger partial charge in [-0.3, -0.25) is 9.63 Å². The number of methoxy groups -OCH3 is 2. The molecule has 128 valence electrons. The Hall–Kier alpha value is -2.28. The minimum absolute atomic E-state index is 0.0975. The van der Waals surface area contributed by atoms with Crippen LogP contribution in [0, 0.1) is 0 Å². The van der Waals surface area contributed by atoms with E-state index < -0.39 is 17.7 Å². The van der Waals surface area contributed by atoms with Crippen LogP contribution in [0.4, 0.5) is 4.79 Å². The second-order valence-corrected chi connectivity index (χ2v) is 5.71. The van der Waals surface area contributed by atoms with Gasteiger partial charge >= 0.3 is 12.1 Å². The van der Waals surface area contributed by atoms with Crippen LogP contribution in [0.15, 0.2) is 24.3 Å². The van der Waals surface area contributed by atoms with Crippen LogP contribution in [0.5, 0.6) is 5.75 Å². The normalized spacial score (nSPS) is 10.8. The summed E-state index contributed by atoms with van der Waals surface area (Å²) >= 11 is 0. The summed E-state index contributed by atoms with van der Waals surface area (Å²) in [6, 6.07) is 7.14. The highest BCUT2D eigenvalue weighted by Gasteiger charge is 2.25. The third kappa shape index (κ3) is 7.01. The molecule has 0 unspecified atom stereocenters. The van der Waals surface area contributed by atoms with E-state index in [4.69, 9.17) is 14.3 Å². The lowest BCUT2D eigenvalue weighted by atomic mass is 10.2. The van der Waals surface area contributed by atoms with Gasteiger partial charge in [-0.05, 0) is 38.5 Å². The Kier molecular flexibility index (Phi) is 6.84. The van der Waals surface area contributed by atoms with Crippen molar-refractivity contribution >= 4 is 12.1 Å². The van der Waals surface area contributed by atoms with Crippen molar-refractivity contribution in [2.75, 3.05) is 20.8 Å². The van der Waals surface area contributed by atoms with Crippen LogP contribution in [0.1, 0.15) is 26.3 Å². The molecule has 0 bridgehead atoms. The van der Waals surface area contributed by atoms with E-state index in [9.17, 15) is 9.59 Å². The lowest BCUT2D eigenvalue weighted by Crippen LogP contribution is -2.40. The van der Waals surface area contributed by atoms with E-state index in [1.54, 1.807) is 52.1 Å². The molecule has 0 atom stereocenters. The van der Waals surface area contributed by atoms with E-state index in [0.717, 1.165) is 10.6 Å². The van der Waals surface area contributed by atoms with Gasteiger partial charge in [-0.2, -0.15) is 5.06 Å². The highest BCUT2D eigenvalue weighted by atomic mass is 16.7. The topological polar surface area (TPSA) is 74.3 Å². The van der Waals surface area contributed by atoms with Crippen LogP contribution in [-0.2, 0) is 25.7 Å². The first-order chi connectivity index (χ1) is 10.7. The third-order valence-corrected chi connectivity index (χ3v) is 2.64. The molecule has 0 heterocycles. The number of carbonyl (C=O) groups is 2. The van der Waals surface area contributed by atoms with Gasteiger partial charge in [0.15, 0.2) is 0 Å². The SMILES string of the molecule is COC(=O)CN(OCc1ccc(OC)cc1)C(=O)OC(C)(C)C. The van der Waals surface area contributed by atoms with Crippen LogP contribution in [-0.4, -0.2) is 43.5 Å². The van der Waals surface area contributed by atoms with Gasteiger partial charge in [0.2, 0.25) is 0 Å². The summed E-state index contributed by atoms with van der Waals surface area (Å²) in [5.41, 5.74) is 0.110. The number of esters is 1. The Morgan fingerprint density at radius 2 is 1.70 bits per heavy atom. The van der Waals surface area contributed by atoms with Crippen LogP contribution in [0.3, 0.4) is 0 Å². The lowest BCUT2D eigenvalue weighted by molar-refractivity contribution is -0.175. The summed E-state index contributed by atoms with van der Waals surface area (Å²) < 4.78 is 14.8. The van der Waals surface area contributed by atoms with Crippen molar-refractivity contribution in [3.63, 3.8) is 0 Å². The molecule has 0 saturated carbocycles. The number of hydrogen-bond donors (Lipinski definition) is 0. The van der Waals surface area contributed by atoms with E-state index in [1.807, 2.05) is 0 Å².